The van der Waals surface area contributed by atoms with E-state index in [0.717, 1.165) is 6.54 Å². The first-order valence-corrected chi connectivity index (χ1v) is 6.73. The van der Waals surface area contributed by atoms with Gasteiger partial charge in [-0.2, -0.15) is 0 Å². The van der Waals surface area contributed by atoms with Gasteiger partial charge in [-0.1, -0.05) is 0 Å². The fourth-order valence-electron chi connectivity index (χ4n) is 1.84. The van der Waals surface area contributed by atoms with Gasteiger partial charge in [-0.05, 0) is 32.6 Å². The average Bonchev–Trinajstić information content (AvgIpc) is 3.14. The van der Waals surface area contributed by atoms with Crippen molar-refractivity contribution < 1.29 is 19.4 Å². The molecular weight excluding hydrogens is 248 g/mol. The number of nitrogens with one attached hydrogen (secondary N) is 1. The molecule has 0 saturated heterocycles. The summed E-state index contributed by atoms with van der Waals surface area (Å²) in [5.41, 5.74) is 0. The third kappa shape index (κ3) is 5.92. The zero-order valence-electron chi connectivity index (χ0n) is 11.9. The van der Waals surface area contributed by atoms with Crippen molar-refractivity contribution in [2.75, 3.05) is 20.2 Å². The van der Waals surface area contributed by atoms with Crippen molar-refractivity contribution in [3.8, 4) is 0 Å². The number of nitrogens with zero attached hydrogens (tertiary/aromatic N) is 1. The normalized spacial score (nSPS) is 16.2. The van der Waals surface area contributed by atoms with E-state index < -0.39 is 12.1 Å². The molecule has 0 aromatic carbocycles. The van der Waals surface area contributed by atoms with E-state index in [1.165, 1.54) is 20.0 Å². The highest BCUT2D eigenvalue weighted by atomic mass is 16.5. The van der Waals surface area contributed by atoms with Crippen LogP contribution in [-0.4, -0.2) is 54.4 Å². The van der Waals surface area contributed by atoms with Gasteiger partial charge >= 0.3 is 12.0 Å². The van der Waals surface area contributed by atoms with Crippen LogP contribution in [0.5, 0.6) is 0 Å². The molecule has 6 heteroatoms. The second-order valence-electron chi connectivity index (χ2n) is 5.33. The van der Waals surface area contributed by atoms with E-state index >= 15 is 0 Å². The zero-order chi connectivity index (χ0) is 14.4. The summed E-state index contributed by atoms with van der Waals surface area (Å²) in [5, 5.41) is 11.5. The molecule has 1 aliphatic rings. The Labute approximate surface area is 114 Å². The van der Waals surface area contributed by atoms with Crippen molar-refractivity contribution in [1.82, 2.24) is 10.2 Å². The minimum atomic E-state index is -0.931. The van der Waals surface area contributed by atoms with Gasteiger partial charge in [0.25, 0.3) is 0 Å². The van der Waals surface area contributed by atoms with Crippen molar-refractivity contribution in [2.45, 2.75) is 45.3 Å². The molecule has 1 aliphatic carbocycles. The predicted octanol–water partition coefficient (Wildman–Crippen LogP) is 1.31. The van der Waals surface area contributed by atoms with Crippen LogP contribution < -0.4 is 5.32 Å². The highest BCUT2D eigenvalue weighted by Crippen LogP contribution is 2.30. The molecule has 1 fully saturated rings. The first kappa shape index (κ1) is 15.8. The lowest BCUT2D eigenvalue weighted by Crippen LogP contribution is -2.47. The fourth-order valence-corrected chi connectivity index (χ4v) is 1.84. The Morgan fingerprint density at radius 1 is 1.42 bits per heavy atom. The van der Waals surface area contributed by atoms with Gasteiger partial charge in [-0.3, -0.25) is 4.79 Å². The summed E-state index contributed by atoms with van der Waals surface area (Å²) >= 11 is 0. The number of hydrogen-bond donors (Lipinski definition) is 2. The lowest BCUT2D eigenvalue weighted by molar-refractivity contribution is -0.139. The van der Waals surface area contributed by atoms with Crippen molar-refractivity contribution in [2.24, 2.45) is 5.92 Å². The van der Waals surface area contributed by atoms with Gasteiger partial charge < -0.3 is 20.1 Å². The van der Waals surface area contributed by atoms with Crippen LogP contribution >= 0.6 is 0 Å². The van der Waals surface area contributed by atoms with Crippen LogP contribution in [0.2, 0.25) is 0 Å². The molecule has 0 heterocycles. The number of rotatable bonds is 8. The lowest BCUT2D eigenvalue weighted by Gasteiger charge is -2.27. The summed E-state index contributed by atoms with van der Waals surface area (Å²) in [5.74, 6) is -0.301. The molecule has 0 aliphatic heterocycles. The van der Waals surface area contributed by atoms with Crippen LogP contribution in [0, 0.1) is 5.92 Å². The molecule has 0 aromatic rings. The quantitative estimate of drug-likeness (QED) is 0.698. The predicted molar refractivity (Wildman–Crippen MR) is 71.0 cm³/mol. The van der Waals surface area contributed by atoms with Crippen LogP contribution in [-0.2, 0) is 9.53 Å². The lowest BCUT2D eigenvalue weighted by atomic mass is 10.2. The van der Waals surface area contributed by atoms with Gasteiger partial charge in [-0.25, -0.2) is 4.79 Å². The van der Waals surface area contributed by atoms with Crippen LogP contribution in [0.15, 0.2) is 0 Å². The number of aliphatic carboxylic acids is 1. The number of hydrogen-bond acceptors (Lipinski definition) is 3. The zero-order valence-corrected chi connectivity index (χ0v) is 11.9. The molecule has 6 nitrogen and oxygen atoms in total. The van der Waals surface area contributed by atoms with Crippen LogP contribution in [0.4, 0.5) is 4.79 Å². The third-order valence-electron chi connectivity index (χ3n) is 3.25. The van der Waals surface area contributed by atoms with E-state index in [1.807, 2.05) is 13.8 Å². The van der Waals surface area contributed by atoms with E-state index in [9.17, 15) is 9.59 Å². The largest absolute Gasteiger partial charge is 0.481 e. The minimum Gasteiger partial charge on any atom is -0.481 e. The Balaban J connectivity index is 2.39. The van der Waals surface area contributed by atoms with Crippen molar-refractivity contribution in [1.29, 1.82) is 0 Å². The summed E-state index contributed by atoms with van der Waals surface area (Å²) in [6, 6.07) is -0.00425. The molecule has 1 rings (SSSR count). The Bertz CT molecular complexity index is 316. The second-order valence-corrected chi connectivity index (χ2v) is 5.33. The molecule has 1 atom stereocenters. The second kappa shape index (κ2) is 7.33. The summed E-state index contributed by atoms with van der Waals surface area (Å²) in [6.07, 6.45) is 1.78. The van der Waals surface area contributed by atoms with Crippen LogP contribution in [0.25, 0.3) is 0 Å². The molecule has 0 spiro atoms. The minimum absolute atomic E-state index is 0.110. The molecule has 2 amide bonds. The molecule has 19 heavy (non-hydrogen) atoms. The fraction of sp³-hybridized carbons (Fsp3) is 0.846. The number of ether oxygens (including phenoxy) is 1. The molecule has 1 unspecified atom stereocenters. The number of carboxylic acids is 1. The summed E-state index contributed by atoms with van der Waals surface area (Å²) in [7, 11) is 1.45. The maximum absolute atomic E-state index is 12.1. The molecule has 0 bridgehead atoms. The van der Waals surface area contributed by atoms with E-state index in [-0.39, 0.29) is 25.0 Å². The van der Waals surface area contributed by atoms with E-state index in [2.05, 4.69) is 5.32 Å². The van der Waals surface area contributed by atoms with Crippen molar-refractivity contribution >= 4 is 12.0 Å². The maximum Gasteiger partial charge on any atom is 0.317 e. The number of carbonyl (C=O) groups excluding carboxylic acids is 1. The summed E-state index contributed by atoms with van der Waals surface area (Å²) in [4.78, 5) is 24.5. The van der Waals surface area contributed by atoms with Gasteiger partial charge in [0.2, 0.25) is 0 Å². The Kier molecular flexibility index (Phi) is 6.08. The van der Waals surface area contributed by atoms with Crippen molar-refractivity contribution in [3.63, 3.8) is 0 Å². The Morgan fingerprint density at radius 2 is 2.05 bits per heavy atom. The number of carbonyl (C=O) groups is 2. The van der Waals surface area contributed by atoms with Gasteiger partial charge in [0.15, 0.2) is 0 Å². The summed E-state index contributed by atoms with van der Waals surface area (Å²) < 4.78 is 5.03. The van der Waals surface area contributed by atoms with E-state index in [1.54, 1.807) is 4.90 Å². The molecule has 110 valence electrons. The first-order valence-electron chi connectivity index (χ1n) is 6.73. The summed E-state index contributed by atoms with van der Waals surface area (Å²) in [6.45, 7) is 4.95. The SMILES string of the molecule is COC(CNC(=O)N(CC1CC1)C(C)C)CC(=O)O. The molecule has 1 saturated carbocycles. The van der Waals surface area contributed by atoms with Gasteiger partial charge in [0.1, 0.15) is 0 Å². The molecular formula is C13H24N2O4. The van der Waals surface area contributed by atoms with Gasteiger partial charge in [0, 0.05) is 26.2 Å². The number of urea groups is 1. The number of methoxy groups -OCH3 is 1. The number of amides is 2. The third-order valence-corrected chi connectivity index (χ3v) is 3.25. The van der Waals surface area contributed by atoms with Crippen molar-refractivity contribution in [3.05, 3.63) is 0 Å². The first-order chi connectivity index (χ1) is 8.93. The average molecular weight is 272 g/mol. The molecule has 2 N–H and O–H groups in total. The van der Waals surface area contributed by atoms with Gasteiger partial charge in [0.05, 0.1) is 12.5 Å². The maximum atomic E-state index is 12.1. The van der Waals surface area contributed by atoms with E-state index in [0.29, 0.717) is 5.92 Å². The molecule has 0 aromatic heterocycles. The standard InChI is InChI=1S/C13H24N2O4/c1-9(2)15(8-10-4-5-10)13(18)14-7-11(19-3)6-12(16)17/h9-11H,4-8H2,1-3H3,(H,14,18)(H,16,17). The topological polar surface area (TPSA) is 78.9 Å². The highest BCUT2D eigenvalue weighted by Gasteiger charge is 2.28. The van der Waals surface area contributed by atoms with Gasteiger partial charge in [-0.15, -0.1) is 0 Å². The smallest absolute Gasteiger partial charge is 0.317 e. The van der Waals surface area contributed by atoms with Crippen LogP contribution in [0.3, 0.4) is 0 Å². The van der Waals surface area contributed by atoms with Crippen LogP contribution in [0.1, 0.15) is 33.1 Å². The van der Waals surface area contributed by atoms with E-state index in [4.69, 9.17) is 9.84 Å². The Hall–Kier alpha value is -1.30. The monoisotopic (exact) mass is 272 g/mol. The number of carboxylic acid groups (broad SMARTS) is 1. The Morgan fingerprint density at radius 3 is 2.47 bits per heavy atom. The molecule has 0 radical (unpaired) electrons. The highest BCUT2D eigenvalue weighted by molar-refractivity contribution is 5.74.